The van der Waals surface area contributed by atoms with E-state index in [-0.39, 0.29) is 40.1 Å². The maximum atomic E-state index is 12.2. The Labute approximate surface area is 302 Å². The normalized spacial score (nSPS) is 10.6. The van der Waals surface area contributed by atoms with Gasteiger partial charge in [0.25, 0.3) is 10.1 Å². The fourth-order valence-corrected chi connectivity index (χ4v) is 4.39. The highest BCUT2D eigenvalue weighted by molar-refractivity contribution is 7.86. The summed E-state index contributed by atoms with van der Waals surface area (Å²) >= 11 is 0. The number of aromatic hydroxyl groups is 1. The smallest absolute Gasteiger partial charge is 0.425 e. The first kappa shape index (κ1) is 42.1. The summed E-state index contributed by atoms with van der Waals surface area (Å²) in [6.07, 6.45) is -0.204. The number of fused-ring (bicyclic) bond motifs is 1. The maximum absolute atomic E-state index is 12.2. The highest BCUT2D eigenvalue weighted by Gasteiger charge is 2.24. The zero-order chi connectivity index (χ0) is 40.3. The number of phenolic OH excluding ortho intramolecular Hbond substituents is 1. The van der Waals surface area contributed by atoms with E-state index in [1.54, 1.807) is 55.5 Å². The van der Waals surface area contributed by atoms with Gasteiger partial charge in [-0.2, -0.15) is 23.6 Å². The van der Waals surface area contributed by atoms with Crippen LogP contribution in [0, 0.1) is 6.92 Å². The Morgan fingerprint density at radius 1 is 0.788 bits per heavy atom. The van der Waals surface area contributed by atoms with Crippen LogP contribution in [0.5, 0.6) is 5.75 Å². The topological polar surface area (TPSA) is 303 Å². The third-order valence-corrected chi connectivity index (χ3v) is 6.41. The van der Waals surface area contributed by atoms with Gasteiger partial charge in [-0.3, -0.25) is 4.55 Å². The van der Waals surface area contributed by atoms with Gasteiger partial charge in [-0.05, 0) is 54.8 Å². The summed E-state index contributed by atoms with van der Waals surface area (Å²) in [6, 6.07) is 19.5. The molecule has 0 aliphatic rings. The fourth-order valence-electron chi connectivity index (χ4n) is 3.73. The summed E-state index contributed by atoms with van der Waals surface area (Å²) in [4.78, 5) is 11.2. The molecule has 22 heteroatoms. The molecule has 52 heavy (non-hydrogen) atoms. The minimum Gasteiger partial charge on any atom is -0.505 e. The first-order valence-corrected chi connectivity index (χ1v) is 18.0. The molecule has 0 saturated heterocycles. The zero-order valence-electron chi connectivity index (χ0n) is 29.0. The van der Waals surface area contributed by atoms with Crippen LogP contribution in [0.4, 0.5) is 40.1 Å². The monoisotopic (exact) mass is 777 g/mol. The molecule has 0 radical (unpaired) electrons. The minimum atomic E-state index is -4.83. The standard InChI is InChI=1S/C26H21N9O4S.2C2H6.2O3S/c1-15-28-14-29-26(30-15)31-18-8-5-9-19(13-18)33-35-24-21(40(37,38)39)12-16-10-11-20(23(27)22(16)25(24)36)34-32-17-6-3-2-4-7-17;2*1-2;2*1-4(2)3/h2-14,36H,27H2,1H3,(H,37,38,39)(H,28,29,30,31);2*1-2H3;;/i14T;;;;. The number of nitrogens with two attached hydrogens (primary N) is 1. The van der Waals surface area contributed by atoms with Gasteiger partial charge in [-0.15, -0.1) is 35.5 Å². The van der Waals surface area contributed by atoms with Crippen LogP contribution in [0.15, 0.2) is 104 Å². The van der Waals surface area contributed by atoms with E-state index >= 15 is 0 Å². The van der Waals surface area contributed by atoms with E-state index in [1.807, 2.05) is 33.8 Å². The quantitative estimate of drug-likeness (QED) is 0.0780. The number of hydrogen-bond donors (Lipinski definition) is 4. The van der Waals surface area contributed by atoms with Crippen molar-refractivity contribution < 1.29 is 44.7 Å². The highest BCUT2D eigenvalue weighted by atomic mass is 32.2. The van der Waals surface area contributed by atoms with Crippen molar-refractivity contribution in [1.29, 1.82) is 0 Å². The van der Waals surface area contributed by atoms with Gasteiger partial charge < -0.3 is 16.2 Å². The van der Waals surface area contributed by atoms with Crippen molar-refractivity contribution in [3.8, 4) is 5.75 Å². The van der Waals surface area contributed by atoms with E-state index in [1.165, 1.54) is 12.1 Å². The molecule has 0 aliphatic carbocycles. The first-order valence-electron chi connectivity index (χ1n) is 15.1. The summed E-state index contributed by atoms with van der Waals surface area (Å²) in [6.45, 7) is 9.63. The molecule has 5 rings (SSSR count). The number of benzene rings is 4. The van der Waals surface area contributed by atoms with Crippen LogP contribution in [-0.4, -0.2) is 58.3 Å². The van der Waals surface area contributed by atoms with Crippen molar-refractivity contribution in [2.24, 2.45) is 20.5 Å². The van der Waals surface area contributed by atoms with Crippen LogP contribution in [0.25, 0.3) is 10.8 Å². The van der Waals surface area contributed by atoms with Crippen molar-refractivity contribution in [2.45, 2.75) is 39.5 Å². The van der Waals surface area contributed by atoms with Gasteiger partial charge in [0.1, 0.15) is 29.8 Å². The van der Waals surface area contributed by atoms with E-state index in [9.17, 15) is 18.1 Å². The van der Waals surface area contributed by atoms with Gasteiger partial charge in [0.05, 0.1) is 22.4 Å². The Bertz CT molecular complexity index is 2360. The molecule has 0 fully saturated rings. The molecular weight excluding hydrogens is 743 g/mol. The Morgan fingerprint density at radius 2 is 1.37 bits per heavy atom. The van der Waals surface area contributed by atoms with Gasteiger partial charge in [-0.1, -0.05) is 58.0 Å². The lowest BCUT2D eigenvalue weighted by Crippen LogP contribution is -2.00. The SMILES string of the molecule is CC.CC.O=S(=O)=O.O=S(=O)=O.[3H]c1nc(C)nc(Nc2cccc(N=Nc3c(S(=O)(=O)O)cc4ccc(N=Nc5ccccc5)c(N)c4c3O)c2)n1. The molecule has 0 unspecified atom stereocenters. The molecular formula is C30H33N9O10S3. The molecule has 0 atom stereocenters. The Morgan fingerprint density at radius 3 is 1.94 bits per heavy atom. The van der Waals surface area contributed by atoms with Crippen LogP contribution in [0.3, 0.4) is 0 Å². The van der Waals surface area contributed by atoms with Gasteiger partial charge >= 0.3 is 21.2 Å². The Hall–Kier alpha value is -6.10. The molecule has 5 N–H and O–H groups in total. The summed E-state index contributed by atoms with van der Waals surface area (Å²) < 4.78 is 92.6. The minimum absolute atomic E-state index is 0.0191. The summed E-state index contributed by atoms with van der Waals surface area (Å²) in [5.74, 6) is -0.115. The van der Waals surface area contributed by atoms with E-state index < -0.39 is 47.7 Å². The third kappa shape index (κ3) is 14.4. The molecule has 0 aliphatic heterocycles. The van der Waals surface area contributed by atoms with Gasteiger partial charge in [0, 0.05) is 5.69 Å². The number of nitrogens with zero attached hydrogens (tertiary/aromatic N) is 7. The number of phenols is 1. The van der Waals surface area contributed by atoms with Crippen molar-refractivity contribution in [3.63, 3.8) is 0 Å². The number of hydrogen-bond acceptors (Lipinski definition) is 18. The average molecular weight is 778 g/mol. The van der Waals surface area contributed by atoms with Gasteiger partial charge in [0.2, 0.25) is 5.95 Å². The molecule has 1 heterocycles. The molecule has 4 aromatic carbocycles. The number of rotatable bonds is 7. The molecule has 0 amide bonds. The van der Waals surface area contributed by atoms with E-state index in [2.05, 4.69) is 40.7 Å². The average Bonchev–Trinajstić information content (AvgIpc) is 3.08. The van der Waals surface area contributed by atoms with E-state index in [0.29, 0.717) is 17.2 Å². The van der Waals surface area contributed by atoms with Crippen molar-refractivity contribution in [1.82, 2.24) is 15.0 Å². The zero-order valence-corrected chi connectivity index (χ0v) is 30.5. The number of nitrogens with one attached hydrogen (secondary N) is 1. The second-order valence-electron chi connectivity index (χ2n) is 8.77. The number of azo groups is 2. The largest absolute Gasteiger partial charge is 0.505 e. The number of aromatic nitrogens is 3. The van der Waals surface area contributed by atoms with Crippen LogP contribution in [0.2, 0.25) is 0 Å². The molecule has 0 spiro atoms. The molecule has 0 saturated carbocycles. The van der Waals surface area contributed by atoms with Crippen molar-refractivity contribution in [2.75, 3.05) is 11.1 Å². The second-order valence-corrected chi connectivity index (χ2v) is 11.0. The lowest BCUT2D eigenvalue weighted by Gasteiger charge is -2.12. The first-order chi connectivity index (χ1) is 25.0. The predicted octanol–water partition coefficient (Wildman–Crippen LogP) is 6.49. The van der Waals surface area contributed by atoms with Gasteiger partial charge in [-0.25, -0.2) is 9.97 Å². The van der Waals surface area contributed by atoms with Crippen molar-refractivity contribution in [3.05, 3.63) is 84.9 Å². The van der Waals surface area contributed by atoms with Crippen LogP contribution in [-0.2, 0) is 31.3 Å². The summed E-state index contributed by atoms with van der Waals surface area (Å²) in [5.41, 5.74) is 7.34. The predicted molar refractivity (Wildman–Crippen MR) is 191 cm³/mol. The Kier molecular flexibility index (Phi) is 17.7. The Balaban J connectivity index is 0.00000104. The molecule has 1 aromatic heterocycles. The lowest BCUT2D eigenvalue weighted by atomic mass is 10.1. The molecule has 5 aromatic rings. The number of anilines is 3. The molecule has 19 nitrogen and oxygen atoms in total. The summed E-state index contributed by atoms with van der Waals surface area (Å²) in [7, 11) is -11.0. The molecule has 276 valence electrons. The van der Waals surface area contributed by atoms with E-state index in [4.69, 9.17) is 32.4 Å². The van der Waals surface area contributed by atoms with E-state index in [0.717, 1.165) is 6.07 Å². The van der Waals surface area contributed by atoms with Crippen molar-refractivity contribution >= 4 is 82.2 Å². The lowest BCUT2D eigenvalue weighted by molar-refractivity contribution is 0.472. The molecule has 0 bridgehead atoms. The van der Waals surface area contributed by atoms with Crippen LogP contribution >= 0.6 is 0 Å². The fraction of sp³-hybridized carbons (Fsp3) is 0.167. The second kappa shape index (κ2) is 21.9. The highest BCUT2D eigenvalue weighted by Crippen LogP contribution is 2.46. The summed E-state index contributed by atoms with van der Waals surface area (Å²) in [5, 5.41) is 30.6. The number of nitrogen functional groups attached to an aromatic ring is 1. The van der Waals surface area contributed by atoms with Crippen LogP contribution in [0.1, 0.15) is 34.9 Å². The number of aryl methyl sites for hydroxylation is 1. The van der Waals surface area contributed by atoms with Crippen LogP contribution < -0.4 is 11.1 Å². The maximum Gasteiger partial charge on any atom is 0.425 e. The van der Waals surface area contributed by atoms with Gasteiger partial charge in [0.15, 0.2) is 5.75 Å². The third-order valence-electron chi connectivity index (χ3n) is 5.55.